The Kier molecular flexibility index (Phi) is 18.8. The third-order valence-electron chi connectivity index (χ3n) is 5.62. The van der Waals surface area contributed by atoms with Crippen molar-refractivity contribution < 1.29 is 33.6 Å². The standard InChI is InChI=1S/2C10H15.2Co.2NO/c2*1-6-7(2)9(4)10(5)8(6)3;;;2*1-2/h2*1-5H3;;;;/q-5;-1;;;2*-1. The molecule has 0 fully saturated rings. The Labute approximate surface area is 179 Å². The summed E-state index contributed by atoms with van der Waals surface area (Å²) in [5.41, 5.74) is 26.2. The number of nitrogens with zero attached hydrogens (tertiary/aromatic N) is 2. The van der Waals surface area contributed by atoms with E-state index in [2.05, 4.69) is 69.2 Å². The van der Waals surface area contributed by atoms with Crippen LogP contribution in [0.5, 0.6) is 0 Å². The van der Waals surface area contributed by atoms with Crippen LogP contribution in [-0.2, 0) is 33.6 Å². The molecule has 0 aliphatic carbocycles. The molecule has 2 radical (unpaired) electrons. The van der Waals surface area contributed by atoms with Crippen molar-refractivity contribution in [2.75, 3.05) is 0 Å². The van der Waals surface area contributed by atoms with E-state index in [1.54, 1.807) is 0 Å². The summed E-state index contributed by atoms with van der Waals surface area (Å²) in [4.78, 5) is 14.5. The summed E-state index contributed by atoms with van der Waals surface area (Å²) >= 11 is 0. The molecule has 26 heavy (non-hydrogen) atoms. The van der Waals surface area contributed by atoms with Crippen LogP contribution in [0.2, 0.25) is 0 Å². The molecular weight excluding hydrogens is 418 g/mol. The second-order valence-corrected chi connectivity index (χ2v) is 6.25. The van der Waals surface area contributed by atoms with Gasteiger partial charge >= 0.3 is 0 Å². The minimum Gasteiger partial charge on any atom is -0.731 e. The molecule has 0 atom stereocenters. The third kappa shape index (κ3) is 7.27. The van der Waals surface area contributed by atoms with Crippen LogP contribution in [0.1, 0.15) is 55.6 Å². The first-order valence-electron chi connectivity index (χ1n) is 7.87. The molecule has 0 saturated heterocycles. The van der Waals surface area contributed by atoms with Crippen molar-refractivity contribution in [1.29, 1.82) is 0 Å². The van der Waals surface area contributed by atoms with Gasteiger partial charge in [-0.1, -0.05) is 34.6 Å². The summed E-state index contributed by atoms with van der Waals surface area (Å²) in [6, 6.07) is 0. The van der Waals surface area contributed by atoms with Crippen LogP contribution in [-0.4, -0.2) is 0 Å². The second kappa shape index (κ2) is 15.0. The van der Waals surface area contributed by atoms with Crippen LogP contribution in [0.4, 0.5) is 0 Å². The zero-order valence-corrected chi connectivity index (χ0v) is 19.5. The molecule has 158 valence electrons. The zero-order valence-electron chi connectivity index (χ0n) is 17.4. The topological polar surface area (TPSA) is 78.7 Å². The van der Waals surface area contributed by atoms with Gasteiger partial charge in [0.1, 0.15) is 0 Å². The van der Waals surface area contributed by atoms with E-state index >= 15 is 0 Å². The largest absolute Gasteiger partial charge is 0.731 e. The van der Waals surface area contributed by atoms with Gasteiger partial charge in [0, 0.05) is 33.6 Å². The van der Waals surface area contributed by atoms with Crippen LogP contribution < -0.4 is 0 Å². The third-order valence-corrected chi connectivity index (χ3v) is 5.62. The number of nitroso groups, excluding NO2 is 2. The van der Waals surface area contributed by atoms with Gasteiger partial charge in [0.2, 0.25) is 0 Å². The Morgan fingerprint density at radius 2 is 0.654 bits per heavy atom. The van der Waals surface area contributed by atoms with Crippen LogP contribution in [0.15, 0.2) is 0 Å². The van der Waals surface area contributed by atoms with Crippen molar-refractivity contribution in [2.24, 2.45) is 0 Å². The van der Waals surface area contributed by atoms with E-state index in [0.29, 0.717) is 0 Å². The van der Waals surface area contributed by atoms with Gasteiger partial charge in [0.15, 0.2) is 0 Å². The van der Waals surface area contributed by atoms with Crippen LogP contribution in [0, 0.1) is 79.1 Å². The molecule has 0 aromatic heterocycles. The molecule has 0 saturated carbocycles. The Balaban J connectivity index is -0.000000147. The molecule has 0 aliphatic rings. The molecular formula is C20H30Co2N2O2-8. The molecule has 0 N–H and O–H groups in total. The van der Waals surface area contributed by atoms with Crippen LogP contribution in [0.3, 0.4) is 0 Å². The normalized spacial score (nSPS) is 8.38. The fourth-order valence-corrected chi connectivity index (χ4v) is 2.81. The molecule has 2 aromatic carbocycles. The average molecular weight is 448 g/mol. The van der Waals surface area contributed by atoms with Gasteiger partial charge < -0.3 is 48.8 Å². The summed E-state index contributed by atoms with van der Waals surface area (Å²) < 4.78 is 0. The maximum atomic E-state index is 7.25. The van der Waals surface area contributed by atoms with Crippen molar-refractivity contribution in [3.8, 4) is 0 Å². The SMILES string of the molecule is C[c-]1[c-](C)[c-](C)[c-](C)[c-]1C.Cc1c(C)c(C)[c-](C)c1C.[Co].[Co].[N-]=O.[N-]=O. The van der Waals surface area contributed by atoms with Crippen molar-refractivity contribution in [2.45, 2.75) is 69.2 Å². The second-order valence-electron chi connectivity index (χ2n) is 6.25. The molecule has 4 nitrogen and oxygen atoms in total. The van der Waals surface area contributed by atoms with E-state index in [-0.39, 0.29) is 33.6 Å². The Morgan fingerprint density at radius 1 is 0.500 bits per heavy atom. The molecule has 0 bridgehead atoms. The maximum absolute atomic E-state index is 7.25. The molecule has 2 aromatic rings. The fourth-order valence-electron chi connectivity index (χ4n) is 2.81. The van der Waals surface area contributed by atoms with Crippen molar-refractivity contribution in [1.82, 2.24) is 0 Å². The first-order valence-corrected chi connectivity index (χ1v) is 7.87. The Hall–Kier alpha value is -1.09. The molecule has 0 spiro atoms. The Morgan fingerprint density at radius 3 is 0.731 bits per heavy atom. The minimum atomic E-state index is 0. The first kappa shape index (κ1) is 32.6. The molecule has 0 aliphatic heterocycles. The summed E-state index contributed by atoms with van der Waals surface area (Å²) in [5.74, 6) is 0. The summed E-state index contributed by atoms with van der Waals surface area (Å²) in [7, 11) is 0. The van der Waals surface area contributed by atoms with E-state index < -0.39 is 0 Å². The van der Waals surface area contributed by atoms with Crippen molar-refractivity contribution >= 4 is 0 Å². The van der Waals surface area contributed by atoms with Gasteiger partial charge in [-0.2, -0.15) is 27.8 Å². The summed E-state index contributed by atoms with van der Waals surface area (Å²) in [5, 5.41) is 0. The zero-order chi connectivity index (χ0) is 19.8. The quantitative estimate of drug-likeness (QED) is 0.429. The summed E-state index contributed by atoms with van der Waals surface area (Å²) in [6.45, 7) is 22.0. The van der Waals surface area contributed by atoms with Crippen LogP contribution >= 0.6 is 0 Å². The summed E-state index contributed by atoms with van der Waals surface area (Å²) in [6.07, 6.45) is 0. The van der Waals surface area contributed by atoms with E-state index in [0.717, 1.165) is 0 Å². The van der Waals surface area contributed by atoms with Crippen LogP contribution in [0.25, 0.3) is 11.2 Å². The van der Waals surface area contributed by atoms with Crippen molar-refractivity contribution in [3.63, 3.8) is 0 Å². The number of hydrogen-bond acceptors (Lipinski definition) is 2. The molecule has 0 amide bonds. The smallest absolute Gasteiger partial charge is 0 e. The van der Waals surface area contributed by atoms with Gasteiger partial charge in [-0.25, -0.2) is 34.6 Å². The Bertz CT molecular complexity index is 456. The molecule has 6 heteroatoms. The predicted molar refractivity (Wildman–Crippen MR) is 105 cm³/mol. The number of rotatable bonds is 0. The predicted octanol–water partition coefficient (Wildman–Crippen LogP) is 6.53. The minimum absolute atomic E-state index is 0. The van der Waals surface area contributed by atoms with E-state index in [1.807, 2.05) is 0 Å². The van der Waals surface area contributed by atoms with Gasteiger partial charge in [-0.15, -0.1) is 0 Å². The fraction of sp³-hybridized carbons (Fsp3) is 0.500. The monoisotopic (exact) mass is 448 g/mol. The average Bonchev–Trinajstić information content (AvgIpc) is 2.89. The molecule has 0 heterocycles. The molecule has 2 rings (SSSR count). The van der Waals surface area contributed by atoms with E-state index in [9.17, 15) is 0 Å². The van der Waals surface area contributed by atoms with E-state index in [1.165, 1.54) is 55.6 Å². The van der Waals surface area contributed by atoms with Gasteiger partial charge in [-0.3, -0.25) is 0 Å². The van der Waals surface area contributed by atoms with Crippen molar-refractivity contribution in [3.05, 3.63) is 76.6 Å². The number of hydrogen-bond donors (Lipinski definition) is 0. The van der Waals surface area contributed by atoms with Gasteiger partial charge in [0.25, 0.3) is 0 Å². The van der Waals surface area contributed by atoms with Gasteiger partial charge in [-0.05, 0) is 0 Å². The van der Waals surface area contributed by atoms with Gasteiger partial charge in [0.05, 0.1) is 0 Å². The maximum Gasteiger partial charge on any atom is 0 e. The first-order chi connectivity index (χ1) is 11.1. The van der Waals surface area contributed by atoms with E-state index in [4.69, 9.17) is 21.0 Å². The molecule has 0 unspecified atom stereocenters.